The maximum atomic E-state index is 12.6. The Morgan fingerprint density at radius 3 is 2.48 bits per heavy atom. The second-order valence-corrected chi connectivity index (χ2v) is 7.18. The second kappa shape index (κ2) is 7.92. The first-order valence-electron chi connectivity index (χ1n) is 9.21. The largest absolute Gasteiger partial charge is 0.334 e. The van der Waals surface area contributed by atoms with Gasteiger partial charge in [0.1, 0.15) is 0 Å². The van der Waals surface area contributed by atoms with Crippen LogP contribution in [0.5, 0.6) is 0 Å². The molecule has 0 saturated heterocycles. The SMILES string of the molecule is O=C(Nc1ccccc1-c1nc(-c2ccccc2Cl)no1)C1CCCCC1. The molecule has 1 aliphatic rings. The summed E-state index contributed by atoms with van der Waals surface area (Å²) in [6.45, 7) is 0. The average molecular weight is 382 g/mol. The van der Waals surface area contributed by atoms with E-state index >= 15 is 0 Å². The van der Waals surface area contributed by atoms with Crippen LogP contribution in [0.1, 0.15) is 32.1 Å². The molecule has 1 amide bonds. The molecule has 1 N–H and O–H groups in total. The first kappa shape index (κ1) is 17.7. The van der Waals surface area contributed by atoms with E-state index < -0.39 is 0 Å². The number of anilines is 1. The van der Waals surface area contributed by atoms with Crippen LogP contribution in [0, 0.1) is 5.92 Å². The van der Waals surface area contributed by atoms with Gasteiger partial charge in [0, 0.05) is 11.5 Å². The zero-order valence-electron chi connectivity index (χ0n) is 14.8. The average Bonchev–Trinajstić information content (AvgIpc) is 3.19. The summed E-state index contributed by atoms with van der Waals surface area (Å²) in [5.74, 6) is 0.912. The van der Waals surface area contributed by atoms with Crippen LogP contribution in [0.3, 0.4) is 0 Å². The van der Waals surface area contributed by atoms with Crippen LogP contribution < -0.4 is 5.32 Å². The summed E-state index contributed by atoms with van der Waals surface area (Å²) in [5.41, 5.74) is 2.09. The Morgan fingerprint density at radius 2 is 1.70 bits per heavy atom. The van der Waals surface area contributed by atoms with E-state index in [9.17, 15) is 4.79 Å². The summed E-state index contributed by atoms with van der Waals surface area (Å²) >= 11 is 6.22. The lowest BCUT2D eigenvalue weighted by Gasteiger charge is -2.21. The van der Waals surface area contributed by atoms with Gasteiger partial charge in [-0.3, -0.25) is 4.79 Å². The van der Waals surface area contributed by atoms with Crippen molar-refractivity contribution in [3.8, 4) is 22.8 Å². The topological polar surface area (TPSA) is 68.0 Å². The van der Waals surface area contributed by atoms with Gasteiger partial charge in [-0.2, -0.15) is 4.98 Å². The van der Waals surface area contributed by atoms with Crippen molar-refractivity contribution in [1.82, 2.24) is 10.1 Å². The van der Waals surface area contributed by atoms with E-state index in [0.717, 1.165) is 25.7 Å². The number of nitrogens with zero attached hydrogens (tertiary/aromatic N) is 2. The molecule has 5 nitrogen and oxygen atoms in total. The van der Waals surface area contributed by atoms with Crippen molar-refractivity contribution in [1.29, 1.82) is 0 Å². The highest BCUT2D eigenvalue weighted by Gasteiger charge is 2.23. The molecule has 2 aromatic carbocycles. The number of rotatable bonds is 4. The number of hydrogen-bond donors (Lipinski definition) is 1. The van der Waals surface area contributed by atoms with Gasteiger partial charge < -0.3 is 9.84 Å². The number of amides is 1. The first-order chi connectivity index (χ1) is 13.2. The van der Waals surface area contributed by atoms with Crippen LogP contribution in [-0.4, -0.2) is 16.0 Å². The standard InChI is InChI=1S/C21H20ClN3O2/c22-17-12-6-4-10-15(17)19-24-21(27-25-19)16-11-5-7-13-18(16)23-20(26)14-8-2-1-3-9-14/h4-7,10-14H,1-3,8-9H2,(H,23,26). The van der Waals surface area contributed by atoms with Gasteiger partial charge in [-0.15, -0.1) is 0 Å². The normalized spacial score (nSPS) is 14.9. The molecule has 27 heavy (non-hydrogen) atoms. The predicted molar refractivity (Wildman–Crippen MR) is 105 cm³/mol. The molecule has 138 valence electrons. The van der Waals surface area contributed by atoms with Crippen molar-refractivity contribution in [3.05, 3.63) is 53.6 Å². The summed E-state index contributed by atoms with van der Waals surface area (Å²) in [6.07, 6.45) is 5.35. The van der Waals surface area contributed by atoms with Crippen molar-refractivity contribution in [3.63, 3.8) is 0 Å². The smallest absolute Gasteiger partial charge is 0.260 e. The molecule has 3 aromatic rings. The zero-order valence-corrected chi connectivity index (χ0v) is 15.6. The van der Waals surface area contributed by atoms with Crippen molar-refractivity contribution in [2.45, 2.75) is 32.1 Å². The number of carbonyl (C=O) groups is 1. The van der Waals surface area contributed by atoms with E-state index in [0.29, 0.717) is 33.6 Å². The van der Waals surface area contributed by atoms with Crippen LogP contribution in [0.15, 0.2) is 53.1 Å². The Kier molecular flexibility index (Phi) is 5.21. The number of benzene rings is 2. The van der Waals surface area contributed by atoms with E-state index in [2.05, 4.69) is 15.5 Å². The van der Waals surface area contributed by atoms with Crippen molar-refractivity contribution in [2.24, 2.45) is 5.92 Å². The monoisotopic (exact) mass is 381 g/mol. The van der Waals surface area contributed by atoms with Crippen molar-refractivity contribution < 1.29 is 9.32 Å². The Morgan fingerprint density at radius 1 is 1.00 bits per heavy atom. The highest BCUT2D eigenvalue weighted by Crippen LogP contribution is 2.32. The molecule has 6 heteroatoms. The number of nitrogens with one attached hydrogen (secondary N) is 1. The molecule has 1 aromatic heterocycles. The predicted octanol–water partition coefficient (Wildman–Crippen LogP) is 5.58. The molecule has 1 heterocycles. The fourth-order valence-electron chi connectivity index (χ4n) is 3.46. The van der Waals surface area contributed by atoms with Gasteiger partial charge in [0.15, 0.2) is 0 Å². The van der Waals surface area contributed by atoms with E-state index in [1.54, 1.807) is 6.07 Å². The maximum Gasteiger partial charge on any atom is 0.260 e. The minimum atomic E-state index is 0.0630. The molecule has 0 spiro atoms. The highest BCUT2D eigenvalue weighted by atomic mass is 35.5. The van der Waals surface area contributed by atoms with E-state index in [-0.39, 0.29) is 11.8 Å². The van der Waals surface area contributed by atoms with Gasteiger partial charge in [0.2, 0.25) is 11.7 Å². The highest BCUT2D eigenvalue weighted by molar-refractivity contribution is 6.33. The van der Waals surface area contributed by atoms with Gasteiger partial charge in [0.05, 0.1) is 16.3 Å². The number of carbonyl (C=O) groups excluding carboxylic acids is 1. The third-order valence-electron chi connectivity index (χ3n) is 4.93. The number of aromatic nitrogens is 2. The van der Waals surface area contributed by atoms with E-state index in [4.69, 9.17) is 16.1 Å². The van der Waals surface area contributed by atoms with Gasteiger partial charge in [-0.25, -0.2) is 0 Å². The lowest BCUT2D eigenvalue weighted by atomic mass is 9.88. The number of halogens is 1. The minimum absolute atomic E-state index is 0.0630. The Balaban J connectivity index is 1.60. The molecule has 0 unspecified atom stereocenters. The van der Waals surface area contributed by atoms with Crippen LogP contribution in [0.4, 0.5) is 5.69 Å². The molecule has 0 aliphatic heterocycles. The third kappa shape index (κ3) is 3.88. The molecule has 1 fully saturated rings. The molecule has 0 bridgehead atoms. The molecule has 1 saturated carbocycles. The molecule has 1 aliphatic carbocycles. The maximum absolute atomic E-state index is 12.6. The molecular formula is C21H20ClN3O2. The fraction of sp³-hybridized carbons (Fsp3) is 0.286. The van der Waals surface area contributed by atoms with E-state index in [1.807, 2.05) is 42.5 Å². The van der Waals surface area contributed by atoms with Gasteiger partial charge >= 0.3 is 0 Å². The Hall–Kier alpha value is -2.66. The number of para-hydroxylation sites is 1. The first-order valence-corrected chi connectivity index (χ1v) is 9.59. The van der Waals surface area contributed by atoms with Gasteiger partial charge in [-0.1, -0.05) is 60.3 Å². The van der Waals surface area contributed by atoms with Crippen LogP contribution in [0.25, 0.3) is 22.8 Å². The van der Waals surface area contributed by atoms with Crippen molar-refractivity contribution >= 4 is 23.2 Å². The quantitative estimate of drug-likeness (QED) is 0.640. The van der Waals surface area contributed by atoms with Gasteiger partial charge in [0.25, 0.3) is 5.89 Å². The zero-order chi connectivity index (χ0) is 18.6. The number of hydrogen-bond acceptors (Lipinski definition) is 4. The van der Waals surface area contributed by atoms with Crippen LogP contribution in [-0.2, 0) is 4.79 Å². The van der Waals surface area contributed by atoms with Crippen LogP contribution in [0.2, 0.25) is 5.02 Å². The minimum Gasteiger partial charge on any atom is -0.334 e. The summed E-state index contributed by atoms with van der Waals surface area (Å²) < 4.78 is 5.46. The van der Waals surface area contributed by atoms with Crippen LogP contribution >= 0.6 is 11.6 Å². The third-order valence-corrected chi connectivity index (χ3v) is 5.26. The molecule has 4 rings (SSSR count). The summed E-state index contributed by atoms with van der Waals surface area (Å²) in [4.78, 5) is 17.1. The summed E-state index contributed by atoms with van der Waals surface area (Å²) in [6, 6.07) is 14.8. The lowest BCUT2D eigenvalue weighted by Crippen LogP contribution is -2.24. The second-order valence-electron chi connectivity index (χ2n) is 6.77. The summed E-state index contributed by atoms with van der Waals surface area (Å²) in [7, 11) is 0. The molecule has 0 radical (unpaired) electrons. The molecular weight excluding hydrogens is 362 g/mol. The Labute approximate surface area is 162 Å². The van der Waals surface area contributed by atoms with E-state index in [1.165, 1.54) is 6.42 Å². The lowest BCUT2D eigenvalue weighted by molar-refractivity contribution is -0.120. The molecule has 0 atom stereocenters. The van der Waals surface area contributed by atoms with Gasteiger partial charge in [-0.05, 0) is 37.1 Å². The van der Waals surface area contributed by atoms with Crippen molar-refractivity contribution in [2.75, 3.05) is 5.32 Å². The summed E-state index contributed by atoms with van der Waals surface area (Å²) in [5, 5.41) is 7.66. The Bertz CT molecular complexity index is 948. The fourth-order valence-corrected chi connectivity index (χ4v) is 3.68.